The van der Waals surface area contributed by atoms with Crippen molar-refractivity contribution in [3.8, 4) is 6.07 Å². The third-order valence-electron chi connectivity index (χ3n) is 4.30. The van der Waals surface area contributed by atoms with Gasteiger partial charge in [0.25, 0.3) is 0 Å². The summed E-state index contributed by atoms with van der Waals surface area (Å²) in [6.07, 6.45) is -0.876. The molecule has 0 saturated carbocycles. The van der Waals surface area contributed by atoms with Crippen molar-refractivity contribution < 1.29 is 28.7 Å². The van der Waals surface area contributed by atoms with Gasteiger partial charge in [0.2, 0.25) is 11.8 Å². The second-order valence-electron chi connectivity index (χ2n) is 8.16. The van der Waals surface area contributed by atoms with E-state index in [1.807, 2.05) is 6.07 Å². The average molecular weight is 493 g/mol. The molecule has 1 aromatic rings. The number of benzene rings is 1. The van der Waals surface area contributed by atoms with Crippen molar-refractivity contribution in [2.75, 3.05) is 25.4 Å². The number of amides is 3. The fourth-order valence-corrected chi connectivity index (χ4v) is 3.18. The van der Waals surface area contributed by atoms with Gasteiger partial charge in [0.15, 0.2) is 0 Å². The fraction of sp³-hybridized carbons (Fsp3) is 0.522. The Morgan fingerprint density at radius 3 is 2.35 bits per heavy atom. The van der Waals surface area contributed by atoms with Crippen molar-refractivity contribution in [3.05, 3.63) is 35.9 Å². The number of nitriles is 1. The van der Waals surface area contributed by atoms with E-state index in [4.69, 9.17) is 9.47 Å². The van der Waals surface area contributed by atoms with E-state index in [1.54, 1.807) is 58.0 Å². The van der Waals surface area contributed by atoms with Crippen molar-refractivity contribution in [3.63, 3.8) is 0 Å². The predicted octanol–water partition coefficient (Wildman–Crippen LogP) is 1.97. The molecular weight excluding hydrogens is 460 g/mol. The average Bonchev–Trinajstić information content (AvgIpc) is 2.76. The normalized spacial score (nSPS) is 12.5. The summed E-state index contributed by atoms with van der Waals surface area (Å²) in [5.41, 5.74) is -0.332. The number of carbonyl (C=O) groups is 4. The first kappa shape index (κ1) is 28.8. The first-order chi connectivity index (χ1) is 16.0. The smallest absolute Gasteiger partial charge is 0.408 e. The maximum absolute atomic E-state index is 13.4. The molecule has 3 amide bonds. The lowest BCUT2D eigenvalue weighted by molar-refractivity contribution is -0.144. The van der Waals surface area contributed by atoms with Crippen LogP contribution in [0.3, 0.4) is 0 Å². The molecule has 2 unspecified atom stereocenters. The third kappa shape index (κ3) is 9.70. The molecule has 0 aliphatic rings. The molecule has 0 aromatic heterocycles. The van der Waals surface area contributed by atoms with E-state index >= 15 is 0 Å². The Morgan fingerprint density at radius 1 is 1.18 bits per heavy atom. The van der Waals surface area contributed by atoms with Gasteiger partial charge in [-0.1, -0.05) is 30.3 Å². The summed E-state index contributed by atoms with van der Waals surface area (Å²) in [7, 11) is 0. The first-order valence-corrected chi connectivity index (χ1v) is 11.4. The highest BCUT2D eigenvalue weighted by molar-refractivity contribution is 7.80. The number of ether oxygens (including phenoxy) is 2. The zero-order valence-corrected chi connectivity index (χ0v) is 20.8. The molecular formula is C23H32N4O6S. The van der Waals surface area contributed by atoms with E-state index in [-0.39, 0.29) is 25.3 Å². The summed E-state index contributed by atoms with van der Waals surface area (Å²) in [6.45, 7) is 6.50. The molecule has 0 fully saturated rings. The van der Waals surface area contributed by atoms with Crippen molar-refractivity contribution in [1.29, 1.82) is 5.26 Å². The minimum Gasteiger partial charge on any atom is -0.466 e. The topological polar surface area (TPSA) is 138 Å². The summed E-state index contributed by atoms with van der Waals surface area (Å²) >= 11 is 4.16. The van der Waals surface area contributed by atoms with Crippen molar-refractivity contribution in [2.45, 2.75) is 51.8 Å². The number of esters is 1. The Balaban J connectivity index is 3.16. The molecule has 1 aromatic carbocycles. The molecule has 0 aliphatic heterocycles. The van der Waals surface area contributed by atoms with Gasteiger partial charge in [0.1, 0.15) is 24.2 Å². The van der Waals surface area contributed by atoms with Crippen LogP contribution in [0.25, 0.3) is 0 Å². The van der Waals surface area contributed by atoms with Crippen LogP contribution in [0.1, 0.15) is 45.7 Å². The van der Waals surface area contributed by atoms with Gasteiger partial charge in [-0.05, 0) is 33.3 Å². The lowest BCUT2D eigenvalue weighted by Crippen LogP contribution is -2.54. The second kappa shape index (κ2) is 14.1. The molecule has 0 spiro atoms. The molecule has 11 heteroatoms. The maximum Gasteiger partial charge on any atom is 0.408 e. The number of hydrogen-bond donors (Lipinski definition) is 3. The minimum atomic E-state index is -1.18. The van der Waals surface area contributed by atoms with E-state index in [0.29, 0.717) is 5.56 Å². The van der Waals surface area contributed by atoms with Gasteiger partial charge in [-0.25, -0.2) is 4.79 Å². The summed E-state index contributed by atoms with van der Waals surface area (Å²) < 4.78 is 10.1. The highest BCUT2D eigenvalue weighted by Gasteiger charge is 2.35. The van der Waals surface area contributed by atoms with Crippen LogP contribution in [0.15, 0.2) is 30.3 Å². The lowest BCUT2D eigenvalue weighted by Gasteiger charge is -2.32. The number of rotatable bonds is 11. The highest BCUT2D eigenvalue weighted by atomic mass is 32.1. The molecule has 0 radical (unpaired) electrons. The molecule has 0 bridgehead atoms. The Morgan fingerprint density at radius 2 is 1.82 bits per heavy atom. The minimum absolute atomic E-state index is 0.0122. The molecule has 2 atom stereocenters. The lowest BCUT2D eigenvalue weighted by atomic mass is 10.0. The highest BCUT2D eigenvalue weighted by Crippen LogP contribution is 2.22. The van der Waals surface area contributed by atoms with Crippen LogP contribution in [0.4, 0.5) is 4.79 Å². The van der Waals surface area contributed by atoms with E-state index in [1.165, 1.54) is 0 Å². The Bertz CT molecular complexity index is 882. The summed E-state index contributed by atoms with van der Waals surface area (Å²) in [5, 5.41) is 14.5. The van der Waals surface area contributed by atoms with Crippen molar-refractivity contribution in [1.82, 2.24) is 15.5 Å². The summed E-state index contributed by atoms with van der Waals surface area (Å²) in [4.78, 5) is 51.4. The Kier molecular flexibility index (Phi) is 11.9. The van der Waals surface area contributed by atoms with E-state index in [2.05, 4.69) is 23.3 Å². The van der Waals surface area contributed by atoms with E-state index in [9.17, 15) is 24.4 Å². The zero-order valence-electron chi connectivity index (χ0n) is 19.9. The number of nitrogens with zero attached hydrogens (tertiary/aromatic N) is 2. The van der Waals surface area contributed by atoms with E-state index in [0.717, 1.165) is 4.90 Å². The SMILES string of the molecule is CCOC(=O)CCNC(=O)C(c1ccccc1)N(CC#N)C(=O)C(CS)NC(=O)OC(C)(C)C. The van der Waals surface area contributed by atoms with Gasteiger partial charge in [-0.15, -0.1) is 0 Å². The largest absolute Gasteiger partial charge is 0.466 e. The quantitative estimate of drug-likeness (QED) is 0.244. The number of hydrogen-bond acceptors (Lipinski definition) is 8. The van der Waals surface area contributed by atoms with Crippen LogP contribution < -0.4 is 10.6 Å². The van der Waals surface area contributed by atoms with Gasteiger partial charge in [-0.2, -0.15) is 17.9 Å². The monoisotopic (exact) mass is 492 g/mol. The fourth-order valence-electron chi connectivity index (χ4n) is 2.93. The number of nitrogens with one attached hydrogen (secondary N) is 2. The standard InChI is InChI=1S/C23H32N4O6S/c1-5-32-18(28)11-13-25-20(29)19(16-9-7-6-8-10-16)27(14-12-24)21(30)17(15-34)26-22(31)33-23(2,3)4/h6-10,17,19,34H,5,11,13-15H2,1-4H3,(H,25,29)(H,26,31). The molecule has 0 saturated heterocycles. The summed E-state index contributed by atoms with van der Waals surface area (Å²) in [5.74, 6) is -1.83. The number of carbonyl (C=O) groups excluding carboxylic acids is 4. The third-order valence-corrected chi connectivity index (χ3v) is 4.67. The first-order valence-electron chi connectivity index (χ1n) is 10.8. The molecule has 0 heterocycles. The van der Waals surface area contributed by atoms with Gasteiger partial charge in [0, 0.05) is 12.3 Å². The second-order valence-corrected chi connectivity index (χ2v) is 8.53. The Labute approximate surface area is 205 Å². The van der Waals surface area contributed by atoms with Gasteiger partial charge in [-0.3, -0.25) is 14.4 Å². The Hall–Kier alpha value is -3.26. The zero-order chi connectivity index (χ0) is 25.7. The van der Waals surface area contributed by atoms with Crippen LogP contribution in [0.5, 0.6) is 0 Å². The van der Waals surface area contributed by atoms with Crippen LogP contribution >= 0.6 is 12.6 Å². The molecule has 34 heavy (non-hydrogen) atoms. The molecule has 2 N–H and O–H groups in total. The van der Waals surface area contributed by atoms with Crippen molar-refractivity contribution in [2.24, 2.45) is 0 Å². The maximum atomic E-state index is 13.4. The van der Waals surface area contributed by atoms with Crippen LogP contribution in [0.2, 0.25) is 0 Å². The predicted molar refractivity (Wildman–Crippen MR) is 128 cm³/mol. The van der Waals surface area contributed by atoms with Crippen molar-refractivity contribution >= 4 is 36.5 Å². The molecule has 0 aliphatic carbocycles. The van der Waals surface area contributed by atoms with Gasteiger partial charge < -0.3 is 25.0 Å². The molecule has 186 valence electrons. The number of alkyl carbamates (subject to hydrolysis) is 1. The molecule has 10 nitrogen and oxygen atoms in total. The van der Waals surface area contributed by atoms with E-state index < -0.39 is 48.1 Å². The summed E-state index contributed by atoms with van der Waals surface area (Å²) in [6, 6.07) is 7.99. The molecule has 1 rings (SSSR count). The number of thiol groups is 1. The van der Waals surface area contributed by atoms with Crippen LogP contribution in [-0.2, 0) is 23.9 Å². The van der Waals surface area contributed by atoms with Crippen LogP contribution in [-0.4, -0.2) is 65.9 Å². The van der Waals surface area contributed by atoms with Gasteiger partial charge in [0.05, 0.1) is 19.1 Å². The van der Waals surface area contributed by atoms with Crippen LogP contribution in [0, 0.1) is 11.3 Å². The van der Waals surface area contributed by atoms with Gasteiger partial charge >= 0.3 is 12.1 Å².